The van der Waals surface area contributed by atoms with Gasteiger partial charge in [-0.05, 0) is 36.4 Å². The fourth-order valence-electron chi connectivity index (χ4n) is 4.97. The normalized spacial score (nSPS) is 10.5. The molecule has 3 rings (SSSR count). The third kappa shape index (κ3) is 21.4. The molecule has 0 aliphatic rings. The second kappa shape index (κ2) is 28.5. The van der Waals surface area contributed by atoms with Crippen molar-refractivity contribution in [3.8, 4) is 16.3 Å². The molecule has 0 radical (unpaired) electrons. The van der Waals surface area contributed by atoms with E-state index in [0.29, 0.717) is 20.8 Å². The summed E-state index contributed by atoms with van der Waals surface area (Å²) in [4.78, 5) is 126. The monoisotopic (exact) mass is 965 g/mol. The number of carbonyl (C=O) groups is 10. The minimum absolute atomic E-state index is 0.0476. The number of thiazole rings is 1. The van der Waals surface area contributed by atoms with E-state index in [2.05, 4.69) is 19.2 Å². The van der Waals surface area contributed by atoms with Crippen LogP contribution in [0, 0.1) is 0 Å². The van der Waals surface area contributed by atoms with Gasteiger partial charge in [-0.1, -0.05) is 0 Å². The average Bonchev–Trinajstić information content (AvgIpc) is 3.67. The number of ether oxygens (including phenoxy) is 12. The van der Waals surface area contributed by atoms with Gasteiger partial charge in [0, 0.05) is 46.7 Å². The largest absolute Gasteiger partial charge is 0.489 e. The summed E-state index contributed by atoms with van der Waals surface area (Å²) in [5.74, 6) is -7.70. The molecule has 0 aliphatic heterocycles. The molecule has 25 nitrogen and oxygen atoms in total. The van der Waals surface area contributed by atoms with E-state index in [0.717, 1.165) is 34.6 Å². The van der Waals surface area contributed by atoms with Crippen LogP contribution in [0.1, 0.15) is 45.0 Å². The zero-order valence-corrected chi connectivity index (χ0v) is 37.7. The average molecular weight is 966 g/mol. The van der Waals surface area contributed by atoms with Gasteiger partial charge in [-0.2, -0.15) is 0 Å². The Morgan fingerprint density at radius 3 is 1.49 bits per heavy atom. The molecule has 3 aromatic rings. The predicted octanol–water partition coefficient (Wildman–Crippen LogP) is 1.40. The van der Waals surface area contributed by atoms with Crippen molar-refractivity contribution in [1.82, 2.24) is 9.88 Å². The van der Waals surface area contributed by atoms with E-state index in [1.165, 1.54) is 33.3 Å². The van der Waals surface area contributed by atoms with E-state index >= 15 is 0 Å². The molecule has 0 N–H and O–H groups in total. The SMILES string of the molecule is CC(=O)OCOC(=O)CN(CCOCCOc1cc(-c2nc3ccc(C(=O)OCOC(C)=O)cc3s2)ccc1N(CC(=O)OCOC(C)=O)CC(=O)OCOC(C)=O)CC(=O)OCOC(C)=O. The quantitative estimate of drug-likeness (QED) is 0.0430. The Bertz CT molecular complexity index is 2180. The Balaban J connectivity index is 1.87. The smallest absolute Gasteiger partial charge is 0.341 e. The zero-order chi connectivity index (χ0) is 49.3. The number of fused-ring (bicyclic) bond motifs is 1. The first kappa shape index (κ1) is 53.9. The topological polar surface area (TPSA) is 301 Å². The van der Waals surface area contributed by atoms with Crippen LogP contribution in [0.2, 0.25) is 0 Å². The van der Waals surface area contributed by atoms with Gasteiger partial charge in [0.25, 0.3) is 0 Å². The standard InChI is InChI=1S/C41H47N3O22S/c1-25(45)57-20-62-36(50)16-43(17-37(51)63-21-58-26(2)46)10-11-55-12-13-56-34-14-30(40-42-32-8-6-31(15-35(32)67-40)41(54)66-24-61-29(5)49)7-9-33(34)44(18-38(52)64-22-59-27(3)47)19-39(53)65-23-60-28(4)48/h6-9,14-15H,10-13,16-24H2,1-5H3. The predicted molar refractivity (Wildman–Crippen MR) is 223 cm³/mol. The van der Waals surface area contributed by atoms with Crippen molar-refractivity contribution >= 4 is 86.9 Å². The Labute approximate surface area is 385 Å². The number of rotatable bonds is 28. The van der Waals surface area contributed by atoms with Gasteiger partial charge in [-0.25, -0.2) is 9.78 Å². The lowest BCUT2D eigenvalue weighted by Crippen LogP contribution is -2.38. The lowest BCUT2D eigenvalue weighted by atomic mass is 10.1. The molecule has 0 aliphatic carbocycles. The summed E-state index contributed by atoms with van der Waals surface area (Å²) >= 11 is 1.19. The molecule has 1 heterocycles. The number of esters is 10. The molecule has 2 aromatic carbocycles. The van der Waals surface area contributed by atoms with Crippen molar-refractivity contribution in [1.29, 1.82) is 0 Å². The molecular weight excluding hydrogens is 919 g/mol. The lowest BCUT2D eigenvalue weighted by molar-refractivity contribution is -0.170. The van der Waals surface area contributed by atoms with E-state index in [-0.39, 0.29) is 43.4 Å². The fraction of sp³-hybridized carbons (Fsp3) is 0.439. The van der Waals surface area contributed by atoms with Gasteiger partial charge in [0.2, 0.25) is 34.0 Å². The van der Waals surface area contributed by atoms with Crippen molar-refractivity contribution in [3.05, 3.63) is 42.0 Å². The lowest BCUT2D eigenvalue weighted by Gasteiger charge is -2.25. The molecular formula is C41H47N3O22S. The third-order valence-electron chi connectivity index (χ3n) is 7.93. The van der Waals surface area contributed by atoms with Crippen LogP contribution < -0.4 is 9.64 Å². The van der Waals surface area contributed by atoms with Crippen molar-refractivity contribution < 1.29 is 105 Å². The second-order valence-corrected chi connectivity index (χ2v) is 14.2. The van der Waals surface area contributed by atoms with Crippen molar-refractivity contribution in [2.75, 3.05) is 91.4 Å². The zero-order valence-electron chi connectivity index (χ0n) is 36.9. The van der Waals surface area contributed by atoms with E-state index in [4.69, 9.17) is 42.6 Å². The van der Waals surface area contributed by atoms with Crippen LogP contribution in [0.4, 0.5) is 5.69 Å². The molecule has 0 atom stereocenters. The number of carbonyl (C=O) groups excluding carboxylic acids is 10. The number of aromatic nitrogens is 1. The van der Waals surface area contributed by atoms with E-state index in [9.17, 15) is 47.9 Å². The molecule has 0 unspecified atom stereocenters. The summed E-state index contributed by atoms with van der Waals surface area (Å²) in [5, 5.41) is 0.444. The summed E-state index contributed by atoms with van der Waals surface area (Å²) in [6.45, 7) is -0.299. The molecule has 364 valence electrons. The highest BCUT2D eigenvalue weighted by molar-refractivity contribution is 7.21. The van der Waals surface area contributed by atoms with Crippen molar-refractivity contribution in [3.63, 3.8) is 0 Å². The van der Waals surface area contributed by atoms with Crippen LogP contribution in [-0.4, -0.2) is 156 Å². The van der Waals surface area contributed by atoms with Crippen LogP contribution in [-0.2, 0) is 95.3 Å². The van der Waals surface area contributed by atoms with E-state index < -0.39 is 120 Å². The summed E-state index contributed by atoms with van der Waals surface area (Å²) in [5.41, 5.74) is 1.29. The maximum atomic E-state index is 12.9. The molecule has 67 heavy (non-hydrogen) atoms. The van der Waals surface area contributed by atoms with Gasteiger partial charge < -0.3 is 61.7 Å². The third-order valence-corrected chi connectivity index (χ3v) is 9.00. The van der Waals surface area contributed by atoms with Crippen LogP contribution >= 0.6 is 11.3 Å². The Morgan fingerprint density at radius 2 is 1.00 bits per heavy atom. The summed E-state index contributed by atoms with van der Waals surface area (Å²) in [7, 11) is 0. The fourth-order valence-corrected chi connectivity index (χ4v) is 5.97. The molecule has 0 amide bonds. The van der Waals surface area contributed by atoms with Crippen molar-refractivity contribution in [2.45, 2.75) is 34.6 Å². The Hall–Kier alpha value is -7.45. The minimum atomic E-state index is -0.934. The van der Waals surface area contributed by atoms with Gasteiger partial charge in [-0.15, -0.1) is 11.3 Å². The van der Waals surface area contributed by atoms with Crippen LogP contribution in [0.3, 0.4) is 0 Å². The van der Waals surface area contributed by atoms with Crippen molar-refractivity contribution in [2.24, 2.45) is 0 Å². The van der Waals surface area contributed by atoms with Crippen LogP contribution in [0.15, 0.2) is 36.4 Å². The van der Waals surface area contributed by atoms with Gasteiger partial charge >= 0.3 is 59.7 Å². The number of benzene rings is 2. The van der Waals surface area contributed by atoms with Gasteiger partial charge in [0.05, 0.1) is 47.8 Å². The molecule has 26 heteroatoms. The highest BCUT2D eigenvalue weighted by atomic mass is 32.1. The highest BCUT2D eigenvalue weighted by Gasteiger charge is 2.23. The maximum Gasteiger partial charge on any atom is 0.341 e. The van der Waals surface area contributed by atoms with Gasteiger partial charge in [0.1, 0.15) is 30.5 Å². The van der Waals surface area contributed by atoms with Gasteiger partial charge in [-0.3, -0.25) is 48.1 Å². The van der Waals surface area contributed by atoms with E-state index in [1.54, 1.807) is 24.3 Å². The first-order valence-corrected chi connectivity index (χ1v) is 20.4. The Morgan fingerprint density at radius 1 is 0.522 bits per heavy atom. The first-order chi connectivity index (χ1) is 31.9. The van der Waals surface area contributed by atoms with Crippen LogP contribution in [0.5, 0.6) is 5.75 Å². The van der Waals surface area contributed by atoms with Gasteiger partial charge in [0.15, 0.2) is 0 Å². The molecule has 0 saturated heterocycles. The number of hydrogen-bond acceptors (Lipinski definition) is 26. The molecule has 0 spiro atoms. The van der Waals surface area contributed by atoms with Crippen LogP contribution in [0.25, 0.3) is 20.8 Å². The summed E-state index contributed by atoms with van der Waals surface area (Å²) < 4.78 is 60.4. The molecule has 0 bridgehead atoms. The highest BCUT2D eigenvalue weighted by Crippen LogP contribution is 2.37. The summed E-state index contributed by atoms with van der Waals surface area (Å²) in [6.07, 6.45) is 0. The minimum Gasteiger partial charge on any atom is -0.489 e. The molecule has 0 saturated carbocycles. The Kier molecular flexibility index (Phi) is 22.9. The maximum absolute atomic E-state index is 12.9. The van der Waals surface area contributed by atoms with E-state index in [1.807, 2.05) is 0 Å². The number of hydrogen-bond donors (Lipinski definition) is 0. The molecule has 1 aromatic heterocycles. The summed E-state index contributed by atoms with van der Waals surface area (Å²) in [6, 6.07) is 9.27. The second-order valence-electron chi connectivity index (χ2n) is 13.2. The number of nitrogens with zero attached hydrogens (tertiary/aromatic N) is 3. The number of anilines is 1. The molecule has 0 fully saturated rings. The first-order valence-electron chi connectivity index (χ1n) is 19.6.